The highest BCUT2D eigenvalue weighted by atomic mass is 19.2. The van der Waals surface area contributed by atoms with Gasteiger partial charge in [0.1, 0.15) is 0 Å². The summed E-state index contributed by atoms with van der Waals surface area (Å²) in [6, 6.07) is 13.5. The number of amides is 3. The number of hydrogen-bond donors (Lipinski definition) is 1. The van der Waals surface area contributed by atoms with Gasteiger partial charge in [0.25, 0.3) is 5.91 Å². The van der Waals surface area contributed by atoms with E-state index in [1.165, 1.54) is 12.3 Å². The highest BCUT2D eigenvalue weighted by molar-refractivity contribution is 6.02. The lowest BCUT2D eigenvalue weighted by atomic mass is 10.1. The molecule has 1 aliphatic rings. The van der Waals surface area contributed by atoms with Gasteiger partial charge in [-0.05, 0) is 60.5 Å². The molecule has 1 saturated heterocycles. The van der Waals surface area contributed by atoms with Gasteiger partial charge >= 0.3 is 6.03 Å². The lowest BCUT2D eigenvalue weighted by Crippen LogP contribution is -2.49. The number of halogens is 2. The first kappa shape index (κ1) is 19.6. The third-order valence-corrected chi connectivity index (χ3v) is 4.85. The Labute approximate surface area is 171 Å². The van der Waals surface area contributed by atoms with Gasteiger partial charge in [-0.3, -0.25) is 9.69 Å². The summed E-state index contributed by atoms with van der Waals surface area (Å²) in [5.74, 6) is -2.00. The van der Waals surface area contributed by atoms with E-state index >= 15 is 0 Å². The van der Waals surface area contributed by atoms with Crippen LogP contribution in [0.3, 0.4) is 0 Å². The molecule has 1 aromatic heterocycles. The van der Waals surface area contributed by atoms with E-state index in [0.29, 0.717) is 30.0 Å². The van der Waals surface area contributed by atoms with Gasteiger partial charge in [-0.1, -0.05) is 6.07 Å². The number of nitrogens with zero attached hydrogens (tertiary/aromatic N) is 2. The van der Waals surface area contributed by atoms with Gasteiger partial charge in [0.2, 0.25) is 0 Å². The fourth-order valence-corrected chi connectivity index (χ4v) is 3.35. The standard InChI is InChI=1S/C22H19F2N3O3/c23-18-9-4-15(13-19(18)24)14-26-10-2-11-27(22(26)29)17-7-5-16(6-8-17)25-21(28)20-3-1-12-30-20/h1,3-9,12-13H,2,10-11,14H2,(H,25,28). The van der Waals surface area contributed by atoms with Crippen molar-refractivity contribution in [2.45, 2.75) is 13.0 Å². The average Bonchev–Trinajstić information content (AvgIpc) is 3.28. The van der Waals surface area contributed by atoms with E-state index in [1.54, 1.807) is 46.2 Å². The molecule has 3 aromatic rings. The number of hydrogen-bond acceptors (Lipinski definition) is 3. The number of carbonyl (C=O) groups is 2. The number of nitrogens with one attached hydrogen (secondary N) is 1. The van der Waals surface area contributed by atoms with Crippen molar-refractivity contribution >= 4 is 23.3 Å². The number of furan rings is 1. The van der Waals surface area contributed by atoms with Crippen LogP contribution in [0.1, 0.15) is 22.5 Å². The zero-order valence-corrected chi connectivity index (χ0v) is 16.0. The molecule has 2 heterocycles. The zero-order chi connectivity index (χ0) is 21.1. The second-order valence-electron chi connectivity index (χ2n) is 6.94. The van der Waals surface area contributed by atoms with Gasteiger partial charge in [-0.2, -0.15) is 0 Å². The van der Waals surface area contributed by atoms with Crippen LogP contribution in [0.2, 0.25) is 0 Å². The van der Waals surface area contributed by atoms with E-state index in [4.69, 9.17) is 4.42 Å². The number of urea groups is 1. The lowest BCUT2D eigenvalue weighted by molar-refractivity contribution is 0.0996. The number of anilines is 2. The van der Waals surface area contributed by atoms with E-state index < -0.39 is 11.6 Å². The third kappa shape index (κ3) is 4.17. The van der Waals surface area contributed by atoms with Gasteiger partial charge in [0, 0.05) is 31.0 Å². The Morgan fingerprint density at radius 3 is 2.53 bits per heavy atom. The van der Waals surface area contributed by atoms with Crippen molar-refractivity contribution in [3.8, 4) is 0 Å². The Kier molecular flexibility index (Phi) is 5.47. The van der Waals surface area contributed by atoms with Crippen LogP contribution in [0.4, 0.5) is 25.0 Å². The van der Waals surface area contributed by atoms with Crippen molar-refractivity contribution < 1.29 is 22.8 Å². The highest BCUT2D eigenvalue weighted by Crippen LogP contribution is 2.24. The van der Waals surface area contributed by atoms with Gasteiger partial charge < -0.3 is 14.6 Å². The maximum absolute atomic E-state index is 13.5. The summed E-state index contributed by atoms with van der Waals surface area (Å²) in [5, 5.41) is 2.72. The maximum Gasteiger partial charge on any atom is 0.324 e. The number of benzene rings is 2. The maximum atomic E-state index is 13.5. The van der Waals surface area contributed by atoms with Crippen molar-refractivity contribution in [1.82, 2.24) is 4.90 Å². The molecule has 3 amide bonds. The van der Waals surface area contributed by atoms with Gasteiger partial charge in [-0.15, -0.1) is 0 Å². The fraction of sp³-hybridized carbons (Fsp3) is 0.182. The van der Waals surface area contributed by atoms with Crippen LogP contribution in [-0.4, -0.2) is 29.9 Å². The summed E-state index contributed by atoms with van der Waals surface area (Å²) in [7, 11) is 0. The Balaban J connectivity index is 1.43. The SMILES string of the molecule is O=C(Nc1ccc(N2CCCN(Cc3ccc(F)c(F)c3)C2=O)cc1)c1ccco1. The Hall–Kier alpha value is -3.68. The summed E-state index contributed by atoms with van der Waals surface area (Å²) in [4.78, 5) is 28.2. The molecule has 0 saturated carbocycles. The molecule has 0 unspecified atom stereocenters. The van der Waals surface area contributed by atoms with E-state index in [2.05, 4.69) is 5.32 Å². The van der Waals surface area contributed by atoms with E-state index in [1.807, 2.05) is 0 Å². The lowest BCUT2D eigenvalue weighted by Gasteiger charge is -2.35. The number of carbonyl (C=O) groups excluding carboxylic acids is 2. The molecular formula is C22H19F2N3O3. The number of rotatable bonds is 5. The minimum Gasteiger partial charge on any atom is -0.459 e. The minimum absolute atomic E-state index is 0.198. The van der Waals surface area contributed by atoms with E-state index in [0.717, 1.165) is 18.6 Å². The highest BCUT2D eigenvalue weighted by Gasteiger charge is 2.27. The molecular weight excluding hydrogens is 392 g/mol. The van der Waals surface area contributed by atoms with Crippen molar-refractivity contribution in [3.05, 3.63) is 83.8 Å². The first-order chi connectivity index (χ1) is 14.5. The second-order valence-corrected chi connectivity index (χ2v) is 6.94. The zero-order valence-electron chi connectivity index (χ0n) is 16.0. The normalized spacial score (nSPS) is 14.1. The molecule has 30 heavy (non-hydrogen) atoms. The predicted molar refractivity (Wildman–Crippen MR) is 107 cm³/mol. The molecule has 1 aliphatic heterocycles. The van der Waals surface area contributed by atoms with Crippen LogP contribution in [0.5, 0.6) is 0 Å². The molecule has 0 aliphatic carbocycles. The molecule has 1 N–H and O–H groups in total. The minimum atomic E-state index is -0.930. The predicted octanol–water partition coefficient (Wildman–Crippen LogP) is 4.64. The first-order valence-corrected chi connectivity index (χ1v) is 9.46. The average molecular weight is 411 g/mol. The van der Waals surface area contributed by atoms with Crippen molar-refractivity contribution in [2.24, 2.45) is 0 Å². The van der Waals surface area contributed by atoms with Crippen LogP contribution < -0.4 is 10.2 Å². The molecule has 0 atom stereocenters. The Morgan fingerprint density at radius 2 is 1.83 bits per heavy atom. The molecule has 0 bridgehead atoms. The molecule has 154 valence electrons. The summed E-state index contributed by atoms with van der Waals surface area (Å²) in [6.07, 6.45) is 2.17. The van der Waals surface area contributed by atoms with Crippen LogP contribution in [0.25, 0.3) is 0 Å². The van der Waals surface area contributed by atoms with Gasteiger partial charge in [-0.25, -0.2) is 13.6 Å². The smallest absolute Gasteiger partial charge is 0.324 e. The van der Waals surface area contributed by atoms with Crippen molar-refractivity contribution in [1.29, 1.82) is 0 Å². The van der Waals surface area contributed by atoms with E-state index in [-0.39, 0.29) is 24.2 Å². The molecule has 6 nitrogen and oxygen atoms in total. The summed E-state index contributed by atoms with van der Waals surface area (Å²) < 4.78 is 31.7. The fourth-order valence-electron chi connectivity index (χ4n) is 3.35. The van der Waals surface area contributed by atoms with Gasteiger partial charge in [0.05, 0.1) is 6.26 Å². The molecule has 1 fully saturated rings. The van der Waals surface area contributed by atoms with Crippen LogP contribution in [0.15, 0.2) is 65.3 Å². The molecule has 0 spiro atoms. The first-order valence-electron chi connectivity index (χ1n) is 9.46. The molecule has 8 heteroatoms. The quantitative estimate of drug-likeness (QED) is 0.665. The third-order valence-electron chi connectivity index (χ3n) is 4.85. The Bertz CT molecular complexity index is 1050. The van der Waals surface area contributed by atoms with Crippen LogP contribution >= 0.6 is 0 Å². The molecule has 4 rings (SSSR count). The van der Waals surface area contributed by atoms with Crippen molar-refractivity contribution in [2.75, 3.05) is 23.3 Å². The molecule has 0 radical (unpaired) electrons. The monoisotopic (exact) mass is 411 g/mol. The molecule has 2 aromatic carbocycles. The summed E-state index contributed by atoms with van der Waals surface area (Å²) >= 11 is 0. The Morgan fingerprint density at radius 1 is 1.03 bits per heavy atom. The second kappa shape index (κ2) is 8.36. The van der Waals surface area contributed by atoms with Crippen molar-refractivity contribution in [3.63, 3.8) is 0 Å². The summed E-state index contributed by atoms with van der Waals surface area (Å²) in [6.45, 7) is 1.28. The topological polar surface area (TPSA) is 65.8 Å². The van der Waals surface area contributed by atoms with Gasteiger partial charge in [0.15, 0.2) is 17.4 Å². The van der Waals surface area contributed by atoms with Crippen LogP contribution in [-0.2, 0) is 6.54 Å². The summed E-state index contributed by atoms with van der Waals surface area (Å²) in [5.41, 5.74) is 1.79. The van der Waals surface area contributed by atoms with Crippen LogP contribution in [0, 0.1) is 11.6 Å². The van der Waals surface area contributed by atoms with E-state index in [9.17, 15) is 18.4 Å². The largest absolute Gasteiger partial charge is 0.459 e.